The topological polar surface area (TPSA) is 53.1 Å². The highest BCUT2D eigenvalue weighted by Gasteiger charge is 2.37. The van der Waals surface area contributed by atoms with Gasteiger partial charge in [0, 0.05) is 19.0 Å². The lowest BCUT2D eigenvalue weighted by Gasteiger charge is -2.35. The third kappa shape index (κ3) is 2.54. The van der Waals surface area contributed by atoms with Crippen molar-refractivity contribution in [2.24, 2.45) is 11.7 Å². The zero-order chi connectivity index (χ0) is 10.1. The van der Waals surface area contributed by atoms with Crippen molar-refractivity contribution in [1.29, 1.82) is 5.41 Å². The Morgan fingerprint density at radius 2 is 2.23 bits per heavy atom. The smallest absolute Gasteiger partial charge is 0.249 e. The van der Waals surface area contributed by atoms with Crippen molar-refractivity contribution >= 4 is 5.96 Å². The van der Waals surface area contributed by atoms with E-state index in [-0.39, 0.29) is 12.5 Å². The lowest BCUT2D eigenvalue weighted by molar-refractivity contribution is -0.0582. The van der Waals surface area contributed by atoms with Gasteiger partial charge in [0.2, 0.25) is 5.92 Å². The minimum atomic E-state index is -2.66. The maximum Gasteiger partial charge on any atom is 0.249 e. The van der Waals surface area contributed by atoms with Crippen molar-refractivity contribution in [2.45, 2.75) is 25.7 Å². The zero-order valence-electron chi connectivity index (χ0n) is 7.69. The molecule has 1 saturated heterocycles. The summed E-state index contributed by atoms with van der Waals surface area (Å²) in [5.41, 5.74) is 5.24. The van der Waals surface area contributed by atoms with Crippen LogP contribution in [-0.2, 0) is 0 Å². The van der Waals surface area contributed by atoms with E-state index in [9.17, 15) is 8.78 Å². The van der Waals surface area contributed by atoms with Crippen LogP contribution in [0, 0.1) is 11.3 Å². The summed E-state index contributed by atoms with van der Waals surface area (Å²) in [6.45, 7) is 1.77. The van der Waals surface area contributed by atoms with Crippen LogP contribution < -0.4 is 5.73 Å². The molecule has 0 aromatic rings. The van der Waals surface area contributed by atoms with Crippen molar-refractivity contribution < 1.29 is 8.78 Å². The Morgan fingerprint density at radius 1 is 1.62 bits per heavy atom. The van der Waals surface area contributed by atoms with E-state index in [1.165, 1.54) is 4.90 Å². The van der Waals surface area contributed by atoms with Crippen molar-refractivity contribution in [3.8, 4) is 0 Å². The van der Waals surface area contributed by atoms with Gasteiger partial charge in [0.05, 0.1) is 0 Å². The summed E-state index contributed by atoms with van der Waals surface area (Å²) in [6, 6.07) is 0. The Morgan fingerprint density at radius 3 is 2.69 bits per heavy atom. The van der Waals surface area contributed by atoms with Crippen LogP contribution in [0.25, 0.3) is 0 Å². The van der Waals surface area contributed by atoms with Gasteiger partial charge >= 0.3 is 0 Å². The van der Waals surface area contributed by atoms with E-state index in [1.54, 1.807) is 0 Å². The van der Waals surface area contributed by atoms with Crippen LogP contribution in [0.3, 0.4) is 0 Å². The van der Waals surface area contributed by atoms with Gasteiger partial charge in [-0.15, -0.1) is 0 Å². The van der Waals surface area contributed by atoms with E-state index in [0.717, 1.165) is 6.92 Å². The van der Waals surface area contributed by atoms with E-state index in [0.29, 0.717) is 19.4 Å². The van der Waals surface area contributed by atoms with E-state index < -0.39 is 11.8 Å². The average Bonchev–Trinajstić information content (AvgIpc) is 2.03. The monoisotopic (exact) mass is 191 g/mol. The van der Waals surface area contributed by atoms with Crippen molar-refractivity contribution in [2.75, 3.05) is 13.1 Å². The SMILES string of the molecule is CC(F)(F)C1CCCN(C(=N)N)C1. The summed E-state index contributed by atoms with van der Waals surface area (Å²) < 4.78 is 25.8. The first-order valence-corrected chi connectivity index (χ1v) is 4.38. The Bertz CT molecular complexity index is 200. The van der Waals surface area contributed by atoms with Gasteiger partial charge in [-0.1, -0.05) is 0 Å². The van der Waals surface area contributed by atoms with E-state index >= 15 is 0 Å². The maximum absolute atomic E-state index is 12.9. The van der Waals surface area contributed by atoms with Gasteiger partial charge in [-0.2, -0.15) is 0 Å². The second kappa shape index (κ2) is 3.47. The molecule has 3 nitrogen and oxygen atoms in total. The molecule has 0 aromatic carbocycles. The molecular weight excluding hydrogens is 176 g/mol. The predicted octanol–water partition coefficient (Wildman–Crippen LogP) is 1.25. The molecule has 1 fully saturated rings. The third-order valence-corrected chi connectivity index (χ3v) is 2.48. The fraction of sp³-hybridized carbons (Fsp3) is 0.875. The van der Waals surface area contributed by atoms with Crippen molar-refractivity contribution in [3.63, 3.8) is 0 Å². The molecule has 3 N–H and O–H groups in total. The number of hydrogen-bond donors (Lipinski definition) is 2. The fourth-order valence-electron chi connectivity index (χ4n) is 1.61. The summed E-state index contributed by atoms with van der Waals surface area (Å²) in [6.07, 6.45) is 1.21. The number of hydrogen-bond acceptors (Lipinski definition) is 1. The standard InChI is InChI=1S/C8H15F2N3/c1-8(9,10)6-3-2-4-13(5-6)7(11)12/h6H,2-5H2,1H3,(H3,11,12). The molecule has 0 aliphatic carbocycles. The first-order valence-electron chi connectivity index (χ1n) is 4.38. The van der Waals surface area contributed by atoms with Gasteiger partial charge in [0.25, 0.3) is 0 Å². The number of alkyl halides is 2. The first-order chi connectivity index (χ1) is 5.91. The number of nitrogens with zero attached hydrogens (tertiary/aromatic N) is 1. The van der Waals surface area contributed by atoms with Crippen LogP contribution in [0.1, 0.15) is 19.8 Å². The van der Waals surface area contributed by atoms with Gasteiger partial charge in [-0.05, 0) is 19.8 Å². The molecule has 1 aliphatic heterocycles. The number of rotatable bonds is 1. The number of halogens is 2. The molecular formula is C8H15F2N3. The molecule has 0 spiro atoms. The normalized spacial score (nSPS) is 24.5. The first kappa shape index (κ1) is 10.2. The number of nitrogens with two attached hydrogens (primary N) is 1. The number of nitrogens with one attached hydrogen (secondary N) is 1. The van der Waals surface area contributed by atoms with Gasteiger partial charge < -0.3 is 10.6 Å². The molecule has 1 heterocycles. The molecule has 1 unspecified atom stereocenters. The zero-order valence-corrected chi connectivity index (χ0v) is 7.69. The van der Waals surface area contributed by atoms with Crippen LogP contribution in [-0.4, -0.2) is 29.9 Å². The van der Waals surface area contributed by atoms with Crippen LogP contribution in [0.15, 0.2) is 0 Å². The van der Waals surface area contributed by atoms with E-state index in [4.69, 9.17) is 11.1 Å². The summed E-state index contributed by atoms with van der Waals surface area (Å²) in [5, 5.41) is 7.14. The van der Waals surface area contributed by atoms with Gasteiger partial charge in [-0.25, -0.2) is 8.78 Å². The largest absolute Gasteiger partial charge is 0.370 e. The molecule has 0 radical (unpaired) electrons. The Kier molecular flexibility index (Phi) is 2.73. The second-order valence-electron chi connectivity index (χ2n) is 3.63. The Hall–Kier alpha value is -0.870. The van der Waals surface area contributed by atoms with Gasteiger partial charge in [-0.3, -0.25) is 5.41 Å². The number of likely N-dealkylation sites (tertiary alicyclic amines) is 1. The van der Waals surface area contributed by atoms with E-state index in [1.807, 2.05) is 0 Å². The molecule has 0 amide bonds. The minimum absolute atomic E-state index is 0.103. The van der Waals surface area contributed by atoms with Crippen molar-refractivity contribution in [3.05, 3.63) is 0 Å². The predicted molar refractivity (Wildman–Crippen MR) is 46.8 cm³/mol. The van der Waals surface area contributed by atoms with Gasteiger partial charge in [0.15, 0.2) is 5.96 Å². The minimum Gasteiger partial charge on any atom is -0.370 e. The Labute approximate surface area is 76.4 Å². The molecule has 1 aliphatic rings. The van der Waals surface area contributed by atoms with Crippen LogP contribution >= 0.6 is 0 Å². The van der Waals surface area contributed by atoms with Crippen LogP contribution in [0.4, 0.5) is 8.78 Å². The molecule has 0 saturated carbocycles. The molecule has 5 heteroatoms. The molecule has 0 bridgehead atoms. The molecule has 0 aromatic heterocycles. The number of piperidine rings is 1. The Balaban J connectivity index is 2.57. The van der Waals surface area contributed by atoms with E-state index in [2.05, 4.69) is 0 Å². The summed E-state index contributed by atoms with van der Waals surface area (Å²) >= 11 is 0. The summed E-state index contributed by atoms with van der Waals surface area (Å²) in [5.74, 6) is -3.42. The summed E-state index contributed by atoms with van der Waals surface area (Å²) in [7, 11) is 0. The lowest BCUT2D eigenvalue weighted by Crippen LogP contribution is -2.47. The maximum atomic E-state index is 12.9. The van der Waals surface area contributed by atoms with Crippen molar-refractivity contribution in [1.82, 2.24) is 4.90 Å². The highest BCUT2D eigenvalue weighted by molar-refractivity contribution is 5.74. The van der Waals surface area contributed by atoms with Crippen LogP contribution in [0.5, 0.6) is 0 Å². The third-order valence-electron chi connectivity index (χ3n) is 2.48. The fourth-order valence-corrected chi connectivity index (χ4v) is 1.61. The average molecular weight is 191 g/mol. The number of guanidine groups is 1. The van der Waals surface area contributed by atoms with Gasteiger partial charge in [0.1, 0.15) is 0 Å². The summed E-state index contributed by atoms with van der Waals surface area (Å²) in [4.78, 5) is 1.51. The molecule has 13 heavy (non-hydrogen) atoms. The molecule has 1 atom stereocenters. The molecule has 76 valence electrons. The quantitative estimate of drug-likeness (QED) is 0.484. The lowest BCUT2D eigenvalue weighted by atomic mass is 9.93. The van der Waals surface area contributed by atoms with Crippen LogP contribution in [0.2, 0.25) is 0 Å². The second-order valence-corrected chi connectivity index (χ2v) is 3.63. The molecule has 1 rings (SSSR count). The highest BCUT2D eigenvalue weighted by Crippen LogP contribution is 2.31. The highest BCUT2D eigenvalue weighted by atomic mass is 19.3.